The molecule has 0 amide bonds. The number of hydrogen-bond donors (Lipinski definition) is 0. The molecule has 7 rings (SSSR count). The van der Waals surface area contributed by atoms with Crippen LogP contribution in [-0.4, -0.2) is 0 Å². The van der Waals surface area contributed by atoms with Crippen LogP contribution in [0.15, 0.2) is 115 Å². The smallest absolute Gasteiger partial charge is 0.0543 e. The molecule has 2 aliphatic rings. The quantitative estimate of drug-likeness (QED) is 0.244. The van der Waals surface area contributed by atoms with Crippen LogP contribution in [0.2, 0.25) is 0 Å². The summed E-state index contributed by atoms with van der Waals surface area (Å²) >= 11 is 0. The van der Waals surface area contributed by atoms with Gasteiger partial charge in [-0.3, -0.25) is 0 Å². The highest BCUT2D eigenvalue weighted by Crippen LogP contribution is 2.60. The topological polar surface area (TPSA) is 3.24 Å². The minimum Gasteiger partial charge on any atom is -0.309 e. The zero-order chi connectivity index (χ0) is 25.4. The van der Waals surface area contributed by atoms with Gasteiger partial charge in [-0.15, -0.1) is 0 Å². The maximum absolute atomic E-state index is 2.52. The molecule has 2 aliphatic heterocycles. The normalized spacial score (nSPS) is 15.9. The number of nitrogens with zero attached hydrogens (tertiary/aromatic N) is 1. The molecule has 0 saturated carbocycles. The zero-order valence-corrected chi connectivity index (χ0v) is 21.9. The zero-order valence-electron chi connectivity index (χ0n) is 21.9. The van der Waals surface area contributed by atoms with Crippen molar-refractivity contribution >= 4 is 17.1 Å². The van der Waals surface area contributed by atoms with Gasteiger partial charge in [0.05, 0.1) is 17.1 Å². The first-order valence-corrected chi connectivity index (χ1v) is 13.2. The molecule has 0 unspecified atom stereocenters. The van der Waals surface area contributed by atoms with Gasteiger partial charge < -0.3 is 4.90 Å². The molecule has 0 atom stereocenters. The number of rotatable bonds is 2. The minimum absolute atomic E-state index is 0.0517. The molecule has 2 heterocycles. The van der Waals surface area contributed by atoms with Gasteiger partial charge >= 0.3 is 0 Å². The molecule has 1 nitrogen and oxygen atoms in total. The van der Waals surface area contributed by atoms with E-state index < -0.39 is 0 Å². The third-order valence-corrected chi connectivity index (χ3v) is 8.64. The van der Waals surface area contributed by atoms with Gasteiger partial charge in [0, 0.05) is 10.8 Å². The summed E-state index contributed by atoms with van der Waals surface area (Å²) in [5.41, 5.74) is 14.3. The van der Waals surface area contributed by atoms with Crippen molar-refractivity contribution < 1.29 is 0 Å². The lowest BCUT2D eigenvalue weighted by Crippen LogP contribution is -2.38. The Balaban J connectivity index is 1.44. The van der Waals surface area contributed by atoms with E-state index in [0.717, 1.165) is 0 Å². The summed E-state index contributed by atoms with van der Waals surface area (Å²) in [7, 11) is 0. The van der Waals surface area contributed by atoms with E-state index in [2.05, 4.69) is 148 Å². The molecule has 1 heteroatoms. The maximum atomic E-state index is 2.52. The molecule has 0 bridgehead atoms. The second-order valence-corrected chi connectivity index (χ2v) is 11.5. The van der Waals surface area contributed by atoms with Crippen molar-refractivity contribution in [2.45, 2.75) is 38.5 Å². The summed E-state index contributed by atoms with van der Waals surface area (Å²) < 4.78 is 0. The van der Waals surface area contributed by atoms with Crippen LogP contribution in [0.3, 0.4) is 0 Å². The molecule has 0 fully saturated rings. The van der Waals surface area contributed by atoms with Gasteiger partial charge in [-0.05, 0) is 68.8 Å². The molecule has 0 aromatic heterocycles. The Kier molecular flexibility index (Phi) is 4.60. The van der Waals surface area contributed by atoms with E-state index in [4.69, 9.17) is 0 Å². The molecule has 5 aromatic rings. The van der Waals surface area contributed by atoms with Crippen LogP contribution >= 0.6 is 0 Å². The fourth-order valence-electron chi connectivity index (χ4n) is 6.57. The van der Waals surface area contributed by atoms with Crippen LogP contribution < -0.4 is 4.90 Å². The summed E-state index contributed by atoms with van der Waals surface area (Å²) in [6.07, 6.45) is 0. The largest absolute Gasteiger partial charge is 0.309 e. The summed E-state index contributed by atoms with van der Waals surface area (Å²) in [5.74, 6) is 0. The summed E-state index contributed by atoms with van der Waals surface area (Å²) in [5, 5.41) is 0. The molecule has 0 N–H and O–H groups in total. The van der Waals surface area contributed by atoms with Gasteiger partial charge in [0.2, 0.25) is 0 Å². The summed E-state index contributed by atoms with van der Waals surface area (Å²) in [6, 6.07) is 42.5. The van der Waals surface area contributed by atoms with E-state index in [1.165, 1.54) is 61.6 Å². The molecule has 0 aliphatic carbocycles. The standard InChI is InChI=1S/C36H31N/c1-35(2)28-16-8-9-19-32(28)37-33-21-20-27(26-15-10-14-25(22-26)24-12-6-5-7-13-24)23-31(33)36(3,4)30-18-11-17-29(35)34(30)37/h5-23H,1-4H3. The Bertz CT molecular complexity index is 1670. The average molecular weight is 478 g/mol. The van der Waals surface area contributed by atoms with Crippen molar-refractivity contribution in [2.75, 3.05) is 4.90 Å². The third kappa shape index (κ3) is 3.10. The summed E-state index contributed by atoms with van der Waals surface area (Å²) in [6.45, 7) is 9.50. The first-order valence-electron chi connectivity index (χ1n) is 13.2. The van der Waals surface area contributed by atoms with E-state index in [1.54, 1.807) is 0 Å². The van der Waals surface area contributed by atoms with Gasteiger partial charge in [0.25, 0.3) is 0 Å². The van der Waals surface area contributed by atoms with Crippen molar-refractivity contribution in [3.63, 3.8) is 0 Å². The number of anilines is 3. The van der Waals surface area contributed by atoms with Gasteiger partial charge in [0.1, 0.15) is 0 Å². The molecule has 37 heavy (non-hydrogen) atoms. The average Bonchev–Trinajstić information content (AvgIpc) is 2.93. The van der Waals surface area contributed by atoms with E-state index in [-0.39, 0.29) is 10.8 Å². The lowest BCUT2D eigenvalue weighted by molar-refractivity contribution is 0.597. The Labute approximate surface area is 220 Å². The van der Waals surface area contributed by atoms with Crippen LogP contribution in [0.1, 0.15) is 49.9 Å². The van der Waals surface area contributed by atoms with Crippen LogP contribution in [-0.2, 0) is 10.8 Å². The highest BCUT2D eigenvalue weighted by Gasteiger charge is 2.45. The van der Waals surface area contributed by atoms with Crippen molar-refractivity contribution in [1.29, 1.82) is 0 Å². The van der Waals surface area contributed by atoms with Crippen LogP contribution in [0.4, 0.5) is 17.1 Å². The molecule has 0 saturated heterocycles. The molecular formula is C36H31N. The predicted octanol–water partition coefficient (Wildman–Crippen LogP) is 9.77. The third-order valence-electron chi connectivity index (χ3n) is 8.64. The van der Waals surface area contributed by atoms with Gasteiger partial charge in [0.15, 0.2) is 0 Å². The molecular weight excluding hydrogens is 446 g/mol. The first kappa shape index (κ1) is 22.1. The van der Waals surface area contributed by atoms with Crippen molar-refractivity contribution in [1.82, 2.24) is 0 Å². The van der Waals surface area contributed by atoms with Gasteiger partial charge in [-0.1, -0.05) is 119 Å². The molecule has 0 spiro atoms. The molecule has 180 valence electrons. The maximum Gasteiger partial charge on any atom is 0.0543 e. The predicted molar refractivity (Wildman–Crippen MR) is 156 cm³/mol. The highest BCUT2D eigenvalue weighted by molar-refractivity contribution is 5.93. The molecule has 5 aromatic carbocycles. The highest BCUT2D eigenvalue weighted by atomic mass is 15.2. The Hall–Kier alpha value is -4.10. The fraction of sp³-hybridized carbons (Fsp3) is 0.167. The van der Waals surface area contributed by atoms with Crippen LogP contribution in [0, 0.1) is 0 Å². The number of para-hydroxylation sites is 2. The lowest BCUT2D eigenvalue weighted by atomic mass is 9.66. The minimum atomic E-state index is -0.118. The fourth-order valence-corrected chi connectivity index (χ4v) is 6.57. The summed E-state index contributed by atoms with van der Waals surface area (Å²) in [4.78, 5) is 2.52. The van der Waals surface area contributed by atoms with Crippen LogP contribution in [0.5, 0.6) is 0 Å². The van der Waals surface area contributed by atoms with Gasteiger partial charge in [-0.2, -0.15) is 0 Å². The number of hydrogen-bond acceptors (Lipinski definition) is 1. The van der Waals surface area contributed by atoms with E-state index in [9.17, 15) is 0 Å². The van der Waals surface area contributed by atoms with E-state index in [1.807, 2.05) is 0 Å². The van der Waals surface area contributed by atoms with Crippen molar-refractivity contribution in [2.24, 2.45) is 0 Å². The first-order chi connectivity index (χ1) is 17.9. The second kappa shape index (κ2) is 7.70. The van der Waals surface area contributed by atoms with E-state index >= 15 is 0 Å². The Morgan fingerprint density at radius 2 is 0.919 bits per heavy atom. The monoisotopic (exact) mass is 477 g/mol. The van der Waals surface area contributed by atoms with Crippen molar-refractivity contribution in [3.8, 4) is 22.3 Å². The van der Waals surface area contributed by atoms with Crippen molar-refractivity contribution in [3.05, 3.63) is 138 Å². The lowest BCUT2D eigenvalue weighted by Gasteiger charge is -2.49. The molecule has 0 radical (unpaired) electrons. The van der Waals surface area contributed by atoms with Crippen LogP contribution in [0.25, 0.3) is 22.3 Å². The second-order valence-electron chi connectivity index (χ2n) is 11.5. The van der Waals surface area contributed by atoms with E-state index in [0.29, 0.717) is 0 Å². The Morgan fingerprint density at radius 1 is 0.405 bits per heavy atom. The number of fused-ring (bicyclic) bond motifs is 4. The Morgan fingerprint density at radius 3 is 1.68 bits per heavy atom. The van der Waals surface area contributed by atoms with Gasteiger partial charge in [-0.25, -0.2) is 0 Å². The number of benzene rings is 5. The SMILES string of the molecule is CC1(C)c2ccccc2N2c3ccc(-c4cccc(-c5ccccc5)c4)cc3C(C)(C)c3cccc1c32.